The van der Waals surface area contributed by atoms with Gasteiger partial charge in [0.1, 0.15) is 12.2 Å². The van der Waals surface area contributed by atoms with Crippen LogP contribution in [0.5, 0.6) is 11.5 Å². The maximum atomic E-state index is 12.2. The van der Waals surface area contributed by atoms with Crippen LogP contribution in [0.2, 0.25) is 0 Å². The fourth-order valence-corrected chi connectivity index (χ4v) is 2.37. The topological polar surface area (TPSA) is 116 Å². The number of hydrogen-bond acceptors (Lipinski definition) is 5. The number of urea groups is 1. The van der Waals surface area contributed by atoms with E-state index in [2.05, 4.69) is 11.9 Å². The highest BCUT2D eigenvalue weighted by Crippen LogP contribution is 2.33. The van der Waals surface area contributed by atoms with E-state index in [1.165, 1.54) is 12.1 Å². The summed E-state index contributed by atoms with van der Waals surface area (Å²) in [5.74, 6) is -1.80. The second kappa shape index (κ2) is 7.52. The van der Waals surface area contributed by atoms with Crippen LogP contribution in [0.4, 0.5) is 4.79 Å². The van der Waals surface area contributed by atoms with Crippen molar-refractivity contribution in [1.82, 2.24) is 10.2 Å². The molecule has 0 spiro atoms. The average Bonchev–Trinajstić information content (AvgIpc) is 2.79. The normalized spacial score (nSPS) is 15.4. The fraction of sp³-hybridized carbons (Fsp3) is 0.235. The third-order valence-corrected chi connectivity index (χ3v) is 3.41. The van der Waals surface area contributed by atoms with E-state index in [1.807, 2.05) is 0 Å². The minimum absolute atomic E-state index is 0.0156. The Hall–Kier alpha value is -3.29. The number of imide groups is 1. The van der Waals surface area contributed by atoms with Crippen LogP contribution in [-0.4, -0.2) is 46.2 Å². The lowest BCUT2D eigenvalue weighted by molar-refractivity contribution is -0.140. The van der Waals surface area contributed by atoms with E-state index >= 15 is 0 Å². The van der Waals surface area contributed by atoms with Gasteiger partial charge in [0, 0.05) is 5.56 Å². The van der Waals surface area contributed by atoms with E-state index in [9.17, 15) is 19.5 Å². The number of aromatic hydroxyl groups is 1. The fourth-order valence-electron chi connectivity index (χ4n) is 2.37. The van der Waals surface area contributed by atoms with Crippen molar-refractivity contribution in [1.29, 1.82) is 0 Å². The van der Waals surface area contributed by atoms with Crippen molar-refractivity contribution in [2.24, 2.45) is 0 Å². The predicted molar refractivity (Wildman–Crippen MR) is 89.0 cm³/mol. The highest BCUT2D eigenvalue weighted by molar-refractivity contribution is 6.15. The average molecular weight is 346 g/mol. The minimum atomic E-state index is -1.29. The van der Waals surface area contributed by atoms with Crippen LogP contribution >= 0.6 is 0 Å². The number of ether oxygens (including phenoxy) is 1. The zero-order valence-corrected chi connectivity index (χ0v) is 13.6. The van der Waals surface area contributed by atoms with Gasteiger partial charge in [0.25, 0.3) is 5.91 Å². The lowest BCUT2D eigenvalue weighted by Gasteiger charge is -2.11. The largest absolute Gasteiger partial charge is 0.504 e. The quantitative estimate of drug-likeness (QED) is 0.391. The van der Waals surface area contributed by atoms with Crippen LogP contribution in [-0.2, 0) is 16.0 Å². The summed E-state index contributed by atoms with van der Waals surface area (Å²) in [6.45, 7) is 5.01. The van der Waals surface area contributed by atoms with Gasteiger partial charge in [-0.05, 0) is 37.1 Å². The molecule has 1 aliphatic heterocycles. The summed E-state index contributed by atoms with van der Waals surface area (Å²) in [6.07, 6.45) is 3.39. The van der Waals surface area contributed by atoms with Gasteiger partial charge in [-0.1, -0.05) is 6.08 Å². The van der Waals surface area contributed by atoms with Gasteiger partial charge in [0.2, 0.25) is 0 Å². The first-order valence-corrected chi connectivity index (χ1v) is 7.53. The number of carboxylic acid groups (broad SMARTS) is 1. The second-order valence-corrected chi connectivity index (χ2v) is 5.23. The summed E-state index contributed by atoms with van der Waals surface area (Å²) in [4.78, 5) is 35.2. The van der Waals surface area contributed by atoms with Gasteiger partial charge in [-0.2, -0.15) is 0 Å². The van der Waals surface area contributed by atoms with Crippen molar-refractivity contribution in [2.75, 3.05) is 13.2 Å². The number of nitrogens with zero attached hydrogens (tertiary/aromatic N) is 1. The maximum absolute atomic E-state index is 12.2. The Labute approximate surface area is 144 Å². The van der Waals surface area contributed by atoms with E-state index in [0.29, 0.717) is 29.1 Å². The summed E-state index contributed by atoms with van der Waals surface area (Å²) in [7, 11) is 0. The number of carbonyl (C=O) groups is 3. The number of aliphatic carboxylic acids is 1. The van der Waals surface area contributed by atoms with Gasteiger partial charge >= 0.3 is 12.0 Å². The lowest BCUT2D eigenvalue weighted by atomic mass is 10.0. The number of rotatable bonds is 7. The molecule has 0 saturated carbocycles. The molecule has 1 aliphatic rings. The molecular weight excluding hydrogens is 328 g/mol. The smallest absolute Gasteiger partial charge is 0.329 e. The van der Waals surface area contributed by atoms with Crippen molar-refractivity contribution < 1.29 is 29.3 Å². The molecule has 132 valence electrons. The third kappa shape index (κ3) is 3.97. The lowest BCUT2D eigenvalue weighted by Crippen LogP contribution is -2.35. The van der Waals surface area contributed by atoms with Gasteiger partial charge in [-0.15, -0.1) is 6.58 Å². The standard InChI is InChI=1S/C17H18N2O6/c1-3-5-11-6-10(8-13(15(11)22)25-4-2)7-12-16(23)19(9-14(20)21)17(24)18-12/h3,6-8,22H,1,4-5,9H2,2H3,(H,18,24)(H,20,21)/b12-7+. The molecule has 1 aromatic carbocycles. The predicted octanol–water partition coefficient (Wildman–Crippen LogP) is 1.50. The highest BCUT2D eigenvalue weighted by atomic mass is 16.5. The van der Waals surface area contributed by atoms with Crippen molar-refractivity contribution in [3.63, 3.8) is 0 Å². The Kier molecular flexibility index (Phi) is 5.43. The highest BCUT2D eigenvalue weighted by Gasteiger charge is 2.34. The van der Waals surface area contributed by atoms with E-state index in [-0.39, 0.29) is 17.2 Å². The molecule has 0 aromatic heterocycles. The monoisotopic (exact) mass is 346 g/mol. The van der Waals surface area contributed by atoms with Crippen molar-refractivity contribution >= 4 is 24.0 Å². The van der Waals surface area contributed by atoms with Crippen LogP contribution in [0.1, 0.15) is 18.1 Å². The van der Waals surface area contributed by atoms with Crippen LogP contribution in [0, 0.1) is 0 Å². The van der Waals surface area contributed by atoms with Crippen molar-refractivity contribution in [3.8, 4) is 11.5 Å². The molecule has 3 amide bonds. The molecule has 8 nitrogen and oxygen atoms in total. The van der Waals surface area contributed by atoms with Crippen LogP contribution in [0.3, 0.4) is 0 Å². The Bertz CT molecular complexity index is 769. The zero-order chi connectivity index (χ0) is 18.6. The summed E-state index contributed by atoms with van der Waals surface area (Å²) >= 11 is 0. The molecule has 1 heterocycles. The molecule has 3 N–H and O–H groups in total. The molecule has 0 aliphatic carbocycles. The number of carboxylic acids is 1. The first kappa shape index (κ1) is 18.1. The molecule has 1 aromatic rings. The number of carbonyl (C=O) groups excluding carboxylic acids is 2. The van der Waals surface area contributed by atoms with Crippen LogP contribution in [0.25, 0.3) is 6.08 Å². The van der Waals surface area contributed by atoms with Crippen molar-refractivity contribution in [3.05, 3.63) is 41.6 Å². The molecule has 0 radical (unpaired) electrons. The SMILES string of the molecule is C=CCc1cc(/C=C2/NC(=O)N(CC(=O)O)C2=O)cc(OCC)c1O. The Balaban J connectivity index is 2.39. The summed E-state index contributed by atoms with van der Waals surface area (Å²) in [6, 6.07) is 2.36. The number of benzene rings is 1. The number of amides is 3. The zero-order valence-electron chi connectivity index (χ0n) is 13.6. The number of hydrogen-bond donors (Lipinski definition) is 3. The molecule has 1 saturated heterocycles. The number of phenolic OH excluding ortho intramolecular Hbond substituents is 1. The molecular formula is C17H18N2O6. The second-order valence-electron chi connectivity index (χ2n) is 5.23. The third-order valence-electron chi connectivity index (χ3n) is 3.41. The number of phenols is 1. The van der Waals surface area contributed by atoms with E-state index in [0.717, 1.165) is 0 Å². The number of allylic oxidation sites excluding steroid dienone is 1. The molecule has 1 fully saturated rings. The molecule has 2 rings (SSSR count). The van der Waals surface area contributed by atoms with Gasteiger partial charge in [0.15, 0.2) is 11.5 Å². The summed E-state index contributed by atoms with van der Waals surface area (Å²) in [5, 5.41) is 21.3. The van der Waals surface area contributed by atoms with Gasteiger partial charge in [-0.3, -0.25) is 9.59 Å². The summed E-state index contributed by atoms with van der Waals surface area (Å²) < 4.78 is 5.38. The molecule has 0 atom stereocenters. The molecule has 8 heteroatoms. The van der Waals surface area contributed by atoms with Gasteiger partial charge < -0.3 is 20.3 Å². The summed E-state index contributed by atoms with van der Waals surface area (Å²) in [5.41, 5.74) is 1.01. The van der Waals surface area contributed by atoms with E-state index in [1.54, 1.807) is 19.1 Å². The first-order valence-electron chi connectivity index (χ1n) is 7.53. The number of nitrogens with one attached hydrogen (secondary N) is 1. The first-order chi connectivity index (χ1) is 11.9. The van der Waals surface area contributed by atoms with Gasteiger partial charge in [0.05, 0.1) is 6.61 Å². The minimum Gasteiger partial charge on any atom is -0.504 e. The van der Waals surface area contributed by atoms with E-state index in [4.69, 9.17) is 9.84 Å². The Morgan fingerprint density at radius 3 is 2.72 bits per heavy atom. The Morgan fingerprint density at radius 1 is 1.40 bits per heavy atom. The van der Waals surface area contributed by atoms with Gasteiger partial charge in [-0.25, -0.2) is 9.69 Å². The molecule has 0 bridgehead atoms. The van der Waals surface area contributed by atoms with Crippen LogP contribution < -0.4 is 10.1 Å². The van der Waals surface area contributed by atoms with Crippen LogP contribution in [0.15, 0.2) is 30.5 Å². The van der Waals surface area contributed by atoms with Crippen molar-refractivity contribution in [2.45, 2.75) is 13.3 Å². The Morgan fingerprint density at radius 2 is 2.12 bits per heavy atom. The van der Waals surface area contributed by atoms with E-state index < -0.39 is 24.5 Å². The molecule has 25 heavy (non-hydrogen) atoms. The molecule has 0 unspecified atom stereocenters. The maximum Gasteiger partial charge on any atom is 0.329 e.